The number of amides is 1. The van der Waals surface area contributed by atoms with Crippen LogP contribution in [-0.4, -0.2) is 10.5 Å². The van der Waals surface area contributed by atoms with Crippen molar-refractivity contribution >= 4 is 21.8 Å². The lowest BCUT2D eigenvalue weighted by Gasteiger charge is -2.14. The Bertz CT molecular complexity index is 694. The maximum Gasteiger partial charge on any atom is 0.252 e. The van der Waals surface area contributed by atoms with Gasteiger partial charge in [0, 0.05) is 29.3 Å². The van der Waals surface area contributed by atoms with Gasteiger partial charge in [0.25, 0.3) is 11.5 Å². The molecule has 1 heterocycles. The van der Waals surface area contributed by atoms with Crippen molar-refractivity contribution in [2.75, 3.05) is 0 Å². The third-order valence-electron chi connectivity index (χ3n) is 3.06. The number of halogens is 1. The minimum absolute atomic E-state index is 0.135. The number of carbonyl (C=O) groups is 1. The minimum atomic E-state index is -0.254. The van der Waals surface area contributed by atoms with Crippen molar-refractivity contribution in [3.05, 3.63) is 68.5 Å². The molecule has 0 saturated heterocycles. The Hall–Kier alpha value is -1.88. The lowest BCUT2D eigenvalue weighted by atomic mass is 10.1. The van der Waals surface area contributed by atoms with E-state index in [0.717, 1.165) is 10.0 Å². The molecule has 4 nitrogen and oxygen atoms in total. The van der Waals surface area contributed by atoms with Crippen LogP contribution in [0.15, 0.2) is 51.9 Å². The van der Waals surface area contributed by atoms with Gasteiger partial charge in [-0.2, -0.15) is 0 Å². The number of aryl methyl sites for hydroxylation is 1. The van der Waals surface area contributed by atoms with Crippen LogP contribution in [0.3, 0.4) is 0 Å². The van der Waals surface area contributed by atoms with Crippen LogP contribution in [0.2, 0.25) is 0 Å². The Morgan fingerprint density at radius 3 is 2.70 bits per heavy atom. The summed E-state index contributed by atoms with van der Waals surface area (Å²) in [6, 6.07) is 10.6. The summed E-state index contributed by atoms with van der Waals surface area (Å²) >= 11 is 3.40. The second-order valence-electron chi connectivity index (χ2n) is 4.61. The van der Waals surface area contributed by atoms with E-state index in [2.05, 4.69) is 21.2 Å². The first kappa shape index (κ1) is 14.5. The van der Waals surface area contributed by atoms with Gasteiger partial charge < -0.3 is 9.88 Å². The quantitative estimate of drug-likeness (QED) is 0.938. The van der Waals surface area contributed by atoms with E-state index in [4.69, 9.17) is 0 Å². The Kier molecular flexibility index (Phi) is 4.39. The number of hydrogen-bond acceptors (Lipinski definition) is 2. The van der Waals surface area contributed by atoms with Crippen molar-refractivity contribution < 1.29 is 4.79 Å². The third kappa shape index (κ3) is 3.36. The third-order valence-corrected chi connectivity index (χ3v) is 3.56. The van der Waals surface area contributed by atoms with Gasteiger partial charge in [-0.1, -0.05) is 28.1 Å². The topological polar surface area (TPSA) is 51.1 Å². The minimum Gasteiger partial charge on any atom is -0.346 e. The number of nitrogens with zero attached hydrogens (tertiary/aromatic N) is 1. The van der Waals surface area contributed by atoms with E-state index in [1.807, 2.05) is 31.2 Å². The Balaban J connectivity index is 2.15. The van der Waals surface area contributed by atoms with Crippen LogP contribution in [0.25, 0.3) is 0 Å². The SMILES string of the molecule is CC(NC(=O)c1ccn(C)c(=O)c1)c1cccc(Br)c1. The molecule has 1 aromatic heterocycles. The van der Waals surface area contributed by atoms with E-state index in [1.165, 1.54) is 10.6 Å². The average Bonchev–Trinajstić information content (AvgIpc) is 2.41. The molecule has 0 aliphatic carbocycles. The maximum absolute atomic E-state index is 12.1. The largest absolute Gasteiger partial charge is 0.346 e. The van der Waals surface area contributed by atoms with Crippen LogP contribution >= 0.6 is 15.9 Å². The molecule has 2 rings (SSSR count). The van der Waals surface area contributed by atoms with Crippen LogP contribution in [0.5, 0.6) is 0 Å². The molecular formula is C15H15BrN2O2. The lowest BCUT2D eigenvalue weighted by Crippen LogP contribution is -2.28. The predicted molar refractivity (Wildman–Crippen MR) is 81.7 cm³/mol. The van der Waals surface area contributed by atoms with Gasteiger partial charge in [0.2, 0.25) is 0 Å². The number of pyridine rings is 1. The van der Waals surface area contributed by atoms with Crippen LogP contribution in [-0.2, 0) is 7.05 Å². The fourth-order valence-corrected chi connectivity index (χ4v) is 2.25. The average molecular weight is 335 g/mol. The molecule has 104 valence electrons. The molecule has 0 bridgehead atoms. The van der Waals surface area contributed by atoms with Crippen molar-refractivity contribution in [3.8, 4) is 0 Å². The molecule has 5 heteroatoms. The van der Waals surface area contributed by atoms with Crippen LogP contribution < -0.4 is 10.9 Å². The van der Waals surface area contributed by atoms with Crippen molar-refractivity contribution in [2.45, 2.75) is 13.0 Å². The second kappa shape index (κ2) is 6.05. The summed E-state index contributed by atoms with van der Waals surface area (Å²) in [4.78, 5) is 23.6. The van der Waals surface area contributed by atoms with Gasteiger partial charge >= 0.3 is 0 Å². The first-order chi connectivity index (χ1) is 9.47. The summed E-state index contributed by atoms with van der Waals surface area (Å²) in [6.45, 7) is 1.90. The Labute approximate surface area is 125 Å². The first-order valence-corrected chi connectivity index (χ1v) is 6.99. The van der Waals surface area contributed by atoms with Gasteiger partial charge in [0.1, 0.15) is 0 Å². The number of nitrogens with one attached hydrogen (secondary N) is 1. The Morgan fingerprint density at radius 1 is 1.30 bits per heavy atom. The highest BCUT2D eigenvalue weighted by Crippen LogP contribution is 2.18. The highest BCUT2D eigenvalue weighted by atomic mass is 79.9. The van der Waals surface area contributed by atoms with Crippen LogP contribution in [0, 0.1) is 0 Å². The first-order valence-electron chi connectivity index (χ1n) is 6.20. The molecule has 0 saturated carbocycles. The molecule has 0 spiro atoms. The van der Waals surface area contributed by atoms with Crippen molar-refractivity contribution in [2.24, 2.45) is 7.05 Å². The van der Waals surface area contributed by atoms with E-state index in [0.29, 0.717) is 5.56 Å². The molecular weight excluding hydrogens is 320 g/mol. The maximum atomic E-state index is 12.1. The van der Waals surface area contributed by atoms with Gasteiger partial charge in [-0.25, -0.2) is 0 Å². The molecule has 1 atom stereocenters. The normalized spacial score (nSPS) is 11.9. The molecule has 1 aromatic carbocycles. The molecule has 1 amide bonds. The summed E-state index contributed by atoms with van der Waals surface area (Å²) in [5.41, 5.74) is 1.17. The van der Waals surface area contributed by atoms with Gasteiger partial charge in [0.15, 0.2) is 0 Å². The number of aromatic nitrogens is 1. The summed E-state index contributed by atoms with van der Waals surface area (Å²) in [6.07, 6.45) is 1.58. The monoisotopic (exact) mass is 334 g/mol. The zero-order chi connectivity index (χ0) is 14.7. The van der Waals surface area contributed by atoms with E-state index in [1.54, 1.807) is 19.3 Å². The molecule has 0 aliphatic rings. The van der Waals surface area contributed by atoms with E-state index >= 15 is 0 Å². The van der Waals surface area contributed by atoms with Crippen LogP contribution in [0.4, 0.5) is 0 Å². The van der Waals surface area contributed by atoms with E-state index in [9.17, 15) is 9.59 Å². The van der Waals surface area contributed by atoms with Gasteiger partial charge in [-0.05, 0) is 30.7 Å². The predicted octanol–water partition coefficient (Wildman–Crippen LogP) is 2.64. The molecule has 1 unspecified atom stereocenters. The molecule has 20 heavy (non-hydrogen) atoms. The summed E-state index contributed by atoms with van der Waals surface area (Å²) in [5.74, 6) is -0.254. The molecule has 2 aromatic rings. The summed E-state index contributed by atoms with van der Waals surface area (Å²) in [7, 11) is 1.65. The lowest BCUT2D eigenvalue weighted by molar-refractivity contribution is 0.0939. The summed E-state index contributed by atoms with van der Waals surface area (Å²) in [5, 5.41) is 2.88. The fourth-order valence-electron chi connectivity index (χ4n) is 1.83. The number of carbonyl (C=O) groups excluding carboxylic acids is 1. The highest BCUT2D eigenvalue weighted by molar-refractivity contribution is 9.10. The molecule has 0 aliphatic heterocycles. The van der Waals surface area contributed by atoms with Crippen molar-refractivity contribution in [1.82, 2.24) is 9.88 Å². The number of hydrogen-bond donors (Lipinski definition) is 1. The van der Waals surface area contributed by atoms with Crippen LogP contribution in [0.1, 0.15) is 28.9 Å². The summed E-state index contributed by atoms with van der Waals surface area (Å²) < 4.78 is 2.39. The Morgan fingerprint density at radius 2 is 2.05 bits per heavy atom. The number of benzene rings is 1. The fraction of sp³-hybridized carbons (Fsp3) is 0.200. The van der Waals surface area contributed by atoms with Gasteiger partial charge in [-0.15, -0.1) is 0 Å². The van der Waals surface area contributed by atoms with Crippen molar-refractivity contribution in [3.63, 3.8) is 0 Å². The van der Waals surface area contributed by atoms with E-state index in [-0.39, 0.29) is 17.5 Å². The van der Waals surface area contributed by atoms with Gasteiger partial charge in [-0.3, -0.25) is 9.59 Å². The second-order valence-corrected chi connectivity index (χ2v) is 5.53. The standard InChI is InChI=1S/C15H15BrN2O2/c1-10(11-4-3-5-13(16)8-11)17-15(20)12-6-7-18(2)14(19)9-12/h3-10H,1-2H3,(H,17,20). The molecule has 0 fully saturated rings. The van der Waals surface area contributed by atoms with Crippen molar-refractivity contribution in [1.29, 1.82) is 0 Å². The zero-order valence-electron chi connectivity index (χ0n) is 11.3. The molecule has 1 N–H and O–H groups in total. The zero-order valence-corrected chi connectivity index (χ0v) is 12.8. The van der Waals surface area contributed by atoms with Gasteiger partial charge in [0.05, 0.1) is 6.04 Å². The number of rotatable bonds is 3. The van der Waals surface area contributed by atoms with E-state index < -0.39 is 0 Å². The molecule has 0 radical (unpaired) electrons. The smallest absolute Gasteiger partial charge is 0.252 e. The highest BCUT2D eigenvalue weighted by Gasteiger charge is 2.12.